The van der Waals surface area contributed by atoms with Crippen LogP contribution in [0.25, 0.3) is 0 Å². The van der Waals surface area contributed by atoms with Crippen molar-refractivity contribution in [1.29, 1.82) is 0 Å². The number of carboxylic acids is 1. The molecule has 0 aliphatic carbocycles. The molecule has 0 radical (unpaired) electrons. The zero-order chi connectivity index (χ0) is 19.2. The number of carboxylic acid groups (broad SMARTS) is 1. The van der Waals surface area contributed by atoms with Gasteiger partial charge in [-0.2, -0.15) is 0 Å². The highest BCUT2D eigenvalue weighted by molar-refractivity contribution is 5.81. The first kappa shape index (κ1) is 18.6. The van der Waals surface area contributed by atoms with Gasteiger partial charge in [-0.05, 0) is 26.3 Å². The zero-order valence-electron chi connectivity index (χ0n) is 15.4. The molecule has 2 heterocycles. The lowest BCUT2D eigenvalue weighted by atomic mass is 9.69. The van der Waals surface area contributed by atoms with Crippen molar-refractivity contribution >= 4 is 12.1 Å². The van der Waals surface area contributed by atoms with Crippen molar-refractivity contribution in [3.63, 3.8) is 0 Å². The molecular weight excluding hydrogens is 339 g/mol. The topological polar surface area (TPSA) is 70.1 Å². The summed E-state index contributed by atoms with van der Waals surface area (Å²) in [5.74, 6) is -1.46. The van der Waals surface area contributed by atoms with Crippen LogP contribution >= 0.6 is 0 Å². The molecule has 1 amide bonds. The third-order valence-electron chi connectivity index (χ3n) is 5.04. The third kappa shape index (κ3) is 3.28. The second kappa shape index (κ2) is 6.23. The normalized spacial score (nSPS) is 25.2. The van der Waals surface area contributed by atoms with Crippen LogP contribution in [-0.2, 0) is 16.1 Å². The molecule has 1 spiro atoms. The first-order chi connectivity index (χ1) is 12.0. The van der Waals surface area contributed by atoms with E-state index in [1.54, 1.807) is 20.8 Å². The van der Waals surface area contributed by atoms with E-state index in [-0.39, 0.29) is 19.6 Å². The summed E-state index contributed by atoms with van der Waals surface area (Å²) in [6.07, 6.45) is -0.530. The molecule has 142 valence electrons. The molecule has 1 atom stereocenters. The van der Waals surface area contributed by atoms with E-state index in [4.69, 9.17) is 4.74 Å². The van der Waals surface area contributed by atoms with Gasteiger partial charge in [0.15, 0.2) is 0 Å². The van der Waals surface area contributed by atoms with Crippen LogP contribution in [0.15, 0.2) is 30.3 Å². The minimum absolute atomic E-state index is 0.0516. The van der Waals surface area contributed by atoms with Gasteiger partial charge in [0.1, 0.15) is 5.60 Å². The van der Waals surface area contributed by atoms with Crippen molar-refractivity contribution in [2.75, 3.05) is 26.2 Å². The fourth-order valence-corrected chi connectivity index (χ4v) is 3.82. The van der Waals surface area contributed by atoms with Crippen LogP contribution < -0.4 is 0 Å². The Kier molecular flexibility index (Phi) is 4.46. The van der Waals surface area contributed by atoms with Crippen LogP contribution in [0.5, 0.6) is 0 Å². The van der Waals surface area contributed by atoms with Crippen LogP contribution in [0.1, 0.15) is 26.3 Å². The summed E-state index contributed by atoms with van der Waals surface area (Å²) < 4.78 is 20.7. The van der Waals surface area contributed by atoms with Gasteiger partial charge in [-0.15, -0.1) is 0 Å². The summed E-state index contributed by atoms with van der Waals surface area (Å²) in [4.78, 5) is 27.1. The maximum atomic E-state index is 15.4. The number of benzene rings is 1. The van der Waals surface area contributed by atoms with Gasteiger partial charge >= 0.3 is 12.1 Å². The van der Waals surface area contributed by atoms with Crippen LogP contribution in [0.3, 0.4) is 0 Å². The molecule has 2 aliphatic heterocycles. The predicted molar refractivity (Wildman–Crippen MR) is 93.4 cm³/mol. The summed E-state index contributed by atoms with van der Waals surface area (Å²) >= 11 is 0. The molecule has 0 aromatic heterocycles. The number of aliphatic carboxylic acids is 1. The third-order valence-corrected chi connectivity index (χ3v) is 5.04. The molecule has 2 aliphatic rings. The number of ether oxygens (including phenoxy) is 1. The molecule has 0 saturated carbocycles. The van der Waals surface area contributed by atoms with E-state index in [9.17, 15) is 14.7 Å². The monoisotopic (exact) mass is 364 g/mol. The molecule has 2 saturated heterocycles. The van der Waals surface area contributed by atoms with E-state index in [1.807, 2.05) is 35.2 Å². The first-order valence-electron chi connectivity index (χ1n) is 8.71. The zero-order valence-corrected chi connectivity index (χ0v) is 15.4. The van der Waals surface area contributed by atoms with Crippen LogP contribution in [0.2, 0.25) is 0 Å². The van der Waals surface area contributed by atoms with Crippen molar-refractivity contribution in [3.8, 4) is 0 Å². The van der Waals surface area contributed by atoms with Gasteiger partial charge in [0, 0.05) is 32.7 Å². The van der Waals surface area contributed by atoms with Crippen molar-refractivity contribution < 1.29 is 23.8 Å². The molecule has 1 aromatic rings. The van der Waals surface area contributed by atoms with Gasteiger partial charge in [0.05, 0.1) is 5.41 Å². The van der Waals surface area contributed by atoms with Gasteiger partial charge in [0.2, 0.25) is 5.67 Å². The number of hydrogen-bond donors (Lipinski definition) is 1. The molecule has 2 fully saturated rings. The second-order valence-electron chi connectivity index (χ2n) is 8.35. The predicted octanol–water partition coefficient (Wildman–Crippen LogP) is 2.53. The number of hydrogen-bond acceptors (Lipinski definition) is 4. The Bertz CT molecular complexity index is 697. The Balaban J connectivity index is 1.72. The fourth-order valence-electron chi connectivity index (χ4n) is 3.82. The Morgan fingerprint density at radius 2 is 1.77 bits per heavy atom. The molecule has 1 N–H and O–H groups in total. The lowest BCUT2D eigenvalue weighted by Crippen LogP contribution is -2.69. The van der Waals surface area contributed by atoms with Gasteiger partial charge in [-0.3, -0.25) is 4.90 Å². The molecule has 7 heteroatoms. The van der Waals surface area contributed by atoms with E-state index < -0.39 is 28.7 Å². The summed E-state index contributed by atoms with van der Waals surface area (Å²) in [7, 11) is 0. The van der Waals surface area contributed by atoms with Crippen molar-refractivity contribution in [3.05, 3.63) is 35.9 Å². The Hall–Kier alpha value is -2.15. The number of halogens is 1. The van der Waals surface area contributed by atoms with Gasteiger partial charge < -0.3 is 14.7 Å². The highest BCUT2D eigenvalue weighted by Gasteiger charge is 2.69. The van der Waals surface area contributed by atoms with Crippen molar-refractivity contribution in [2.45, 2.75) is 38.6 Å². The smallest absolute Gasteiger partial charge is 0.410 e. The minimum atomic E-state index is -2.37. The van der Waals surface area contributed by atoms with E-state index >= 15 is 4.39 Å². The van der Waals surface area contributed by atoms with Gasteiger partial charge in [-0.1, -0.05) is 30.3 Å². The molecule has 0 unspecified atom stereocenters. The summed E-state index contributed by atoms with van der Waals surface area (Å²) in [5.41, 5.74) is -3.11. The molecule has 1 aromatic carbocycles. The number of carbonyl (C=O) groups is 2. The first-order valence-corrected chi connectivity index (χ1v) is 8.71. The Morgan fingerprint density at radius 1 is 1.15 bits per heavy atom. The number of alkyl halides is 1. The fraction of sp³-hybridized carbons (Fsp3) is 0.579. The second-order valence-corrected chi connectivity index (χ2v) is 8.35. The average Bonchev–Trinajstić information content (AvgIpc) is 2.79. The Labute approximate surface area is 152 Å². The number of rotatable bonds is 3. The van der Waals surface area contributed by atoms with Gasteiger partial charge in [-0.25, -0.2) is 14.0 Å². The average molecular weight is 364 g/mol. The molecule has 3 rings (SSSR count). The van der Waals surface area contributed by atoms with E-state index in [1.165, 1.54) is 4.90 Å². The number of likely N-dealkylation sites (tertiary alicyclic amines) is 2. The standard InChI is InChI=1S/C19H25FN2O4/c1-17(2,3)26-16(25)22-11-18(12-22)10-21(13-19(18,20)15(23)24)9-14-7-5-4-6-8-14/h4-8H,9-13H2,1-3H3,(H,23,24)/t19-/m1/s1. The SMILES string of the molecule is CC(C)(C)OC(=O)N1CC2(CN(Cc3ccccc3)C[C@@]2(F)C(=O)O)C1. The molecular formula is C19H25FN2O4. The molecule has 6 nitrogen and oxygen atoms in total. The Morgan fingerprint density at radius 3 is 2.31 bits per heavy atom. The largest absolute Gasteiger partial charge is 0.479 e. The van der Waals surface area contributed by atoms with E-state index in [0.717, 1.165) is 5.56 Å². The lowest BCUT2D eigenvalue weighted by molar-refractivity contribution is -0.167. The maximum absolute atomic E-state index is 15.4. The van der Waals surface area contributed by atoms with Crippen LogP contribution in [-0.4, -0.2) is 64.4 Å². The quantitative estimate of drug-likeness (QED) is 0.893. The van der Waals surface area contributed by atoms with Crippen molar-refractivity contribution in [2.24, 2.45) is 5.41 Å². The molecule has 26 heavy (non-hydrogen) atoms. The summed E-state index contributed by atoms with van der Waals surface area (Å²) in [5, 5.41) is 9.53. The summed E-state index contributed by atoms with van der Waals surface area (Å²) in [6, 6.07) is 9.55. The number of nitrogens with zero attached hydrogens (tertiary/aromatic N) is 2. The molecule has 0 bridgehead atoms. The maximum Gasteiger partial charge on any atom is 0.410 e. The van der Waals surface area contributed by atoms with E-state index in [2.05, 4.69) is 0 Å². The van der Waals surface area contributed by atoms with E-state index in [0.29, 0.717) is 13.1 Å². The van der Waals surface area contributed by atoms with Crippen LogP contribution in [0.4, 0.5) is 9.18 Å². The minimum Gasteiger partial charge on any atom is -0.479 e. The lowest BCUT2D eigenvalue weighted by Gasteiger charge is -2.51. The van der Waals surface area contributed by atoms with Crippen molar-refractivity contribution in [1.82, 2.24) is 9.80 Å². The number of carbonyl (C=O) groups excluding carboxylic acids is 1. The highest BCUT2D eigenvalue weighted by Crippen LogP contribution is 2.49. The van der Waals surface area contributed by atoms with Gasteiger partial charge in [0.25, 0.3) is 0 Å². The van der Waals surface area contributed by atoms with Crippen LogP contribution in [0, 0.1) is 5.41 Å². The summed E-state index contributed by atoms with van der Waals surface area (Å²) in [6.45, 7) is 5.97. The number of amides is 1. The highest BCUT2D eigenvalue weighted by atomic mass is 19.1.